The number of rotatable bonds is 6. The first kappa shape index (κ1) is 16.0. The zero-order chi connectivity index (χ0) is 15.2. The van der Waals surface area contributed by atoms with E-state index in [0.717, 1.165) is 19.3 Å². The number of nitrogen functional groups attached to an aromatic ring is 1. The highest BCUT2D eigenvalue weighted by molar-refractivity contribution is 7.99. The summed E-state index contributed by atoms with van der Waals surface area (Å²) in [7, 11) is 0. The van der Waals surface area contributed by atoms with Crippen molar-refractivity contribution >= 4 is 23.3 Å². The number of hydrogen-bond donors (Lipinski definition) is 3. The van der Waals surface area contributed by atoms with Gasteiger partial charge in [-0.3, -0.25) is 14.3 Å². The Bertz CT molecular complexity index is 575. The van der Waals surface area contributed by atoms with Crippen LogP contribution in [0.4, 0.5) is 11.5 Å². The van der Waals surface area contributed by atoms with Crippen LogP contribution in [0.1, 0.15) is 39.0 Å². The number of H-pyrrole nitrogens is 1. The highest BCUT2D eigenvalue weighted by Crippen LogP contribution is 2.25. The Morgan fingerprint density at radius 1 is 1.43 bits per heavy atom. The molecule has 1 aliphatic heterocycles. The summed E-state index contributed by atoms with van der Waals surface area (Å²) < 4.78 is 1.45. The summed E-state index contributed by atoms with van der Waals surface area (Å²) in [4.78, 5) is 26.1. The summed E-state index contributed by atoms with van der Waals surface area (Å²) in [5.74, 6) is 1.42. The SMILES string of the molecule is CCCCn1c(N)c(NCC2CCCCS2)c(=O)[nH]c1=O. The summed E-state index contributed by atoms with van der Waals surface area (Å²) >= 11 is 1.93. The summed E-state index contributed by atoms with van der Waals surface area (Å²) in [6.45, 7) is 3.29. The van der Waals surface area contributed by atoms with E-state index in [9.17, 15) is 9.59 Å². The third-order valence-electron chi connectivity index (χ3n) is 3.76. The molecule has 1 unspecified atom stereocenters. The van der Waals surface area contributed by atoms with E-state index in [1.807, 2.05) is 18.7 Å². The lowest BCUT2D eigenvalue weighted by molar-refractivity contribution is 0.605. The molecule has 1 atom stereocenters. The van der Waals surface area contributed by atoms with Crippen LogP contribution in [0.3, 0.4) is 0 Å². The number of anilines is 2. The van der Waals surface area contributed by atoms with E-state index in [4.69, 9.17) is 5.73 Å². The van der Waals surface area contributed by atoms with Crippen molar-refractivity contribution in [3.63, 3.8) is 0 Å². The number of hydrogen-bond acceptors (Lipinski definition) is 5. The highest BCUT2D eigenvalue weighted by atomic mass is 32.2. The van der Waals surface area contributed by atoms with E-state index in [1.165, 1.54) is 23.2 Å². The number of aromatic amines is 1. The van der Waals surface area contributed by atoms with Crippen LogP contribution in [-0.4, -0.2) is 27.1 Å². The molecule has 7 heteroatoms. The van der Waals surface area contributed by atoms with Crippen molar-refractivity contribution in [3.8, 4) is 0 Å². The molecule has 6 nitrogen and oxygen atoms in total. The van der Waals surface area contributed by atoms with Gasteiger partial charge in [-0.2, -0.15) is 11.8 Å². The Morgan fingerprint density at radius 3 is 2.90 bits per heavy atom. The molecule has 1 aromatic heterocycles. The lowest BCUT2D eigenvalue weighted by Gasteiger charge is -2.22. The van der Waals surface area contributed by atoms with E-state index >= 15 is 0 Å². The van der Waals surface area contributed by atoms with Crippen molar-refractivity contribution in [1.29, 1.82) is 0 Å². The minimum Gasteiger partial charge on any atom is -0.383 e. The van der Waals surface area contributed by atoms with Gasteiger partial charge in [0.1, 0.15) is 11.5 Å². The Labute approximate surface area is 128 Å². The van der Waals surface area contributed by atoms with Gasteiger partial charge in [-0.15, -0.1) is 0 Å². The summed E-state index contributed by atoms with van der Waals surface area (Å²) in [6, 6.07) is 0. The molecule has 0 bridgehead atoms. The fourth-order valence-electron chi connectivity index (χ4n) is 2.48. The molecule has 2 heterocycles. The summed E-state index contributed by atoms with van der Waals surface area (Å²) in [5.41, 5.74) is 5.49. The number of nitrogens with one attached hydrogen (secondary N) is 2. The normalized spacial score (nSPS) is 18.6. The lowest BCUT2D eigenvalue weighted by atomic mass is 10.2. The van der Waals surface area contributed by atoms with Gasteiger partial charge in [-0.05, 0) is 25.0 Å². The van der Waals surface area contributed by atoms with Gasteiger partial charge in [0.15, 0.2) is 0 Å². The van der Waals surface area contributed by atoms with Crippen LogP contribution >= 0.6 is 11.8 Å². The molecule has 21 heavy (non-hydrogen) atoms. The molecule has 0 amide bonds. The van der Waals surface area contributed by atoms with Crippen molar-refractivity contribution in [1.82, 2.24) is 9.55 Å². The molecular formula is C14H24N4O2S. The van der Waals surface area contributed by atoms with E-state index in [-0.39, 0.29) is 5.82 Å². The quantitative estimate of drug-likeness (QED) is 0.742. The number of nitrogens with zero attached hydrogens (tertiary/aromatic N) is 1. The second-order valence-corrected chi connectivity index (χ2v) is 6.80. The molecule has 1 aliphatic rings. The first-order chi connectivity index (χ1) is 10.1. The Balaban J connectivity index is 2.14. The van der Waals surface area contributed by atoms with Gasteiger partial charge in [0, 0.05) is 18.3 Å². The third-order valence-corrected chi connectivity index (χ3v) is 5.15. The predicted molar refractivity (Wildman–Crippen MR) is 89.2 cm³/mol. The fourth-order valence-corrected chi connectivity index (χ4v) is 3.72. The van der Waals surface area contributed by atoms with E-state index in [1.54, 1.807) is 0 Å². The highest BCUT2D eigenvalue weighted by Gasteiger charge is 2.16. The summed E-state index contributed by atoms with van der Waals surface area (Å²) in [6.07, 6.45) is 5.48. The maximum absolute atomic E-state index is 11.9. The van der Waals surface area contributed by atoms with Crippen LogP contribution in [0.15, 0.2) is 9.59 Å². The van der Waals surface area contributed by atoms with Crippen LogP contribution in [-0.2, 0) is 6.54 Å². The Kier molecular flexibility index (Phi) is 5.78. The van der Waals surface area contributed by atoms with Gasteiger partial charge < -0.3 is 11.1 Å². The predicted octanol–water partition coefficient (Wildman–Crippen LogP) is 1.62. The lowest BCUT2D eigenvalue weighted by Crippen LogP contribution is -2.35. The molecule has 0 radical (unpaired) electrons. The average Bonchev–Trinajstić information content (AvgIpc) is 2.47. The van der Waals surface area contributed by atoms with Crippen molar-refractivity contribution in [2.45, 2.75) is 50.8 Å². The zero-order valence-electron chi connectivity index (χ0n) is 12.5. The largest absolute Gasteiger partial charge is 0.383 e. The van der Waals surface area contributed by atoms with E-state index in [0.29, 0.717) is 24.0 Å². The van der Waals surface area contributed by atoms with Gasteiger partial charge >= 0.3 is 5.69 Å². The monoisotopic (exact) mass is 312 g/mol. The molecule has 0 aliphatic carbocycles. The van der Waals surface area contributed by atoms with Crippen molar-refractivity contribution in [2.75, 3.05) is 23.3 Å². The minimum atomic E-state index is -0.427. The summed E-state index contributed by atoms with van der Waals surface area (Å²) in [5, 5.41) is 3.65. The minimum absolute atomic E-state index is 0.248. The molecule has 1 fully saturated rings. The second-order valence-electron chi connectivity index (χ2n) is 5.39. The first-order valence-corrected chi connectivity index (χ1v) is 8.66. The number of thioether (sulfide) groups is 1. The van der Waals surface area contributed by atoms with Crippen molar-refractivity contribution in [3.05, 3.63) is 20.8 Å². The molecule has 0 saturated carbocycles. The fraction of sp³-hybridized carbons (Fsp3) is 0.714. The molecule has 1 saturated heterocycles. The number of aromatic nitrogens is 2. The maximum atomic E-state index is 11.9. The van der Waals surface area contributed by atoms with Gasteiger partial charge in [-0.25, -0.2) is 4.79 Å². The van der Waals surface area contributed by atoms with Crippen molar-refractivity contribution < 1.29 is 0 Å². The molecule has 1 aromatic rings. The molecular weight excluding hydrogens is 288 g/mol. The van der Waals surface area contributed by atoms with Gasteiger partial charge in [-0.1, -0.05) is 19.8 Å². The molecule has 2 rings (SSSR count). The van der Waals surface area contributed by atoms with Crippen molar-refractivity contribution in [2.24, 2.45) is 0 Å². The van der Waals surface area contributed by atoms with E-state index in [2.05, 4.69) is 10.3 Å². The van der Waals surface area contributed by atoms with E-state index < -0.39 is 11.2 Å². The molecule has 118 valence electrons. The first-order valence-electron chi connectivity index (χ1n) is 7.61. The van der Waals surface area contributed by atoms with Crippen LogP contribution in [0, 0.1) is 0 Å². The number of unbranched alkanes of at least 4 members (excludes halogenated alkanes) is 1. The topological polar surface area (TPSA) is 92.9 Å². The van der Waals surface area contributed by atoms with Gasteiger partial charge in [0.25, 0.3) is 5.56 Å². The maximum Gasteiger partial charge on any atom is 0.330 e. The smallest absolute Gasteiger partial charge is 0.330 e. The van der Waals surface area contributed by atoms with Gasteiger partial charge in [0.05, 0.1) is 0 Å². The average molecular weight is 312 g/mol. The standard InChI is InChI=1S/C14H24N4O2S/c1-2-3-7-18-12(15)11(13(19)17-14(18)20)16-9-10-6-4-5-8-21-10/h10,16H,2-9,15H2,1H3,(H,17,19,20). The van der Waals surface area contributed by atoms with Gasteiger partial charge in [0.2, 0.25) is 0 Å². The second kappa shape index (κ2) is 7.59. The molecule has 0 spiro atoms. The Morgan fingerprint density at radius 2 is 2.24 bits per heavy atom. The van der Waals surface area contributed by atoms with Crippen LogP contribution in [0.2, 0.25) is 0 Å². The molecule has 0 aromatic carbocycles. The van der Waals surface area contributed by atoms with Crippen LogP contribution in [0.5, 0.6) is 0 Å². The van der Waals surface area contributed by atoms with Crippen LogP contribution < -0.4 is 22.3 Å². The Hall–Kier alpha value is -1.37. The third kappa shape index (κ3) is 4.06. The zero-order valence-corrected chi connectivity index (χ0v) is 13.3. The van der Waals surface area contributed by atoms with Crippen LogP contribution in [0.25, 0.3) is 0 Å². The number of nitrogens with two attached hydrogens (primary N) is 1. The molecule has 4 N–H and O–H groups in total.